The van der Waals surface area contributed by atoms with Crippen molar-refractivity contribution in [2.24, 2.45) is 0 Å². The number of benzene rings is 1. The number of ether oxygens (including phenoxy) is 1. The Morgan fingerprint density at radius 3 is 2.76 bits per heavy atom. The van der Waals surface area contributed by atoms with Crippen LogP contribution in [0.1, 0.15) is 37.3 Å². The maximum absolute atomic E-state index is 9.00. The zero-order valence-electron chi connectivity index (χ0n) is 13.1. The molecule has 1 fully saturated rings. The van der Waals surface area contributed by atoms with Crippen LogP contribution < -0.4 is 10.1 Å². The lowest BCUT2D eigenvalue weighted by Gasteiger charge is -2.29. The van der Waals surface area contributed by atoms with Crippen LogP contribution in [0.4, 0.5) is 0 Å². The largest absolute Gasteiger partial charge is 0.496 e. The zero-order valence-corrected chi connectivity index (χ0v) is 13.1. The van der Waals surface area contributed by atoms with Gasteiger partial charge in [-0.05, 0) is 51.1 Å². The molecule has 1 N–H and O–H groups in total. The Bertz CT molecular complexity index is 489. The van der Waals surface area contributed by atoms with Gasteiger partial charge in [-0.15, -0.1) is 0 Å². The summed E-state index contributed by atoms with van der Waals surface area (Å²) in [4.78, 5) is 2.53. The molecule has 21 heavy (non-hydrogen) atoms. The number of nitrogens with one attached hydrogen (secondary N) is 1. The van der Waals surface area contributed by atoms with E-state index in [2.05, 4.69) is 23.2 Å². The van der Waals surface area contributed by atoms with Crippen LogP contribution in [0.15, 0.2) is 18.2 Å². The third kappa shape index (κ3) is 4.73. The summed E-state index contributed by atoms with van der Waals surface area (Å²) in [6.07, 6.45) is 4.02. The molecule has 2 rings (SSSR count). The van der Waals surface area contributed by atoms with Gasteiger partial charge in [0.25, 0.3) is 0 Å². The van der Waals surface area contributed by atoms with E-state index < -0.39 is 0 Å². The van der Waals surface area contributed by atoms with Crippen molar-refractivity contribution in [1.29, 1.82) is 5.26 Å². The Kier molecular flexibility index (Phi) is 6.04. The molecule has 0 aliphatic carbocycles. The summed E-state index contributed by atoms with van der Waals surface area (Å²) in [5.74, 6) is 0.840. The number of methoxy groups -OCH3 is 1. The number of hydrogen-bond acceptors (Lipinski definition) is 4. The molecule has 0 radical (unpaired) electrons. The first-order valence-electron chi connectivity index (χ1n) is 7.75. The normalized spacial score (nSPS) is 17.2. The van der Waals surface area contributed by atoms with E-state index in [-0.39, 0.29) is 0 Å². The summed E-state index contributed by atoms with van der Waals surface area (Å²) >= 11 is 0. The highest BCUT2D eigenvalue weighted by Crippen LogP contribution is 2.19. The first-order chi connectivity index (χ1) is 10.2. The molecule has 1 aliphatic heterocycles. The quantitative estimate of drug-likeness (QED) is 0.873. The fourth-order valence-electron chi connectivity index (χ4n) is 2.86. The monoisotopic (exact) mass is 287 g/mol. The molecule has 4 nitrogen and oxygen atoms in total. The predicted molar refractivity (Wildman–Crippen MR) is 84.3 cm³/mol. The van der Waals surface area contributed by atoms with Crippen molar-refractivity contribution >= 4 is 0 Å². The van der Waals surface area contributed by atoms with Gasteiger partial charge in [-0.1, -0.05) is 6.42 Å². The molecule has 1 saturated heterocycles. The van der Waals surface area contributed by atoms with Crippen LogP contribution in [-0.2, 0) is 6.54 Å². The third-order valence-electron chi connectivity index (χ3n) is 4.03. The number of nitrogens with zero attached hydrogens (tertiary/aromatic N) is 2. The van der Waals surface area contributed by atoms with Gasteiger partial charge in [-0.2, -0.15) is 5.26 Å². The number of rotatable bonds is 6. The molecule has 4 heteroatoms. The lowest BCUT2D eigenvalue weighted by Crippen LogP contribution is -2.41. The minimum atomic E-state index is 0.429. The Morgan fingerprint density at radius 2 is 2.10 bits per heavy atom. The lowest BCUT2D eigenvalue weighted by atomic mass is 10.1. The van der Waals surface area contributed by atoms with Crippen molar-refractivity contribution < 1.29 is 4.74 Å². The van der Waals surface area contributed by atoms with Crippen molar-refractivity contribution in [2.75, 3.05) is 26.7 Å². The number of nitriles is 1. The topological polar surface area (TPSA) is 48.3 Å². The van der Waals surface area contributed by atoms with Crippen LogP contribution in [0, 0.1) is 11.3 Å². The molecule has 114 valence electrons. The molecule has 1 heterocycles. The molecule has 0 spiro atoms. The summed E-state index contributed by atoms with van der Waals surface area (Å²) in [5.41, 5.74) is 1.72. The highest BCUT2D eigenvalue weighted by atomic mass is 16.5. The SMILES string of the molecule is COc1ccc(C#N)cc1CNC(C)CN1CCCCC1. The summed E-state index contributed by atoms with van der Waals surface area (Å²) in [6, 6.07) is 8.17. The van der Waals surface area contributed by atoms with Crippen molar-refractivity contribution in [3.8, 4) is 11.8 Å². The molecular formula is C17H25N3O. The average Bonchev–Trinajstić information content (AvgIpc) is 2.53. The molecule has 1 aliphatic rings. The highest BCUT2D eigenvalue weighted by molar-refractivity contribution is 5.42. The van der Waals surface area contributed by atoms with Gasteiger partial charge in [0, 0.05) is 24.7 Å². The lowest BCUT2D eigenvalue weighted by molar-refractivity contribution is 0.208. The Hall–Kier alpha value is -1.57. The second-order valence-corrected chi connectivity index (χ2v) is 5.78. The standard InChI is InChI=1S/C17H25N3O/c1-14(13-20-8-4-3-5-9-20)19-12-16-10-15(11-18)6-7-17(16)21-2/h6-7,10,14,19H,3-5,8-9,12-13H2,1-2H3. The summed E-state index contributed by atoms with van der Waals surface area (Å²) in [5, 5.41) is 12.5. The van der Waals surface area contributed by atoms with Gasteiger partial charge in [0.1, 0.15) is 5.75 Å². The van der Waals surface area contributed by atoms with E-state index in [0.29, 0.717) is 11.6 Å². The molecular weight excluding hydrogens is 262 g/mol. The van der Waals surface area contributed by atoms with Crippen LogP contribution in [0.2, 0.25) is 0 Å². The minimum absolute atomic E-state index is 0.429. The molecule has 0 amide bonds. The molecule has 1 unspecified atom stereocenters. The van der Waals surface area contributed by atoms with Gasteiger partial charge in [0.05, 0.1) is 18.7 Å². The molecule has 1 aromatic carbocycles. The minimum Gasteiger partial charge on any atom is -0.496 e. The summed E-state index contributed by atoms with van der Waals surface area (Å²) < 4.78 is 5.37. The van der Waals surface area contributed by atoms with Gasteiger partial charge in [0.2, 0.25) is 0 Å². The summed E-state index contributed by atoms with van der Waals surface area (Å²) in [6.45, 7) is 6.47. The average molecular weight is 287 g/mol. The van der Waals surface area contributed by atoms with Crippen LogP contribution in [0.3, 0.4) is 0 Å². The first kappa shape index (κ1) is 15.8. The van der Waals surface area contributed by atoms with E-state index in [9.17, 15) is 0 Å². The van der Waals surface area contributed by atoms with Crippen molar-refractivity contribution in [3.05, 3.63) is 29.3 Å². The second-order valence-electron chi connectivity index (χ2n) is 5.78. The molecule has 0 aromatic heterocycles. The number of piperidine rings is 1. The van der Waals surface area contributed by atoms with Gasteiger partial charge >= 0.3 is 0 Å². The molecule has 1 atom stereocenters. The maximum atomic E-state index is 9.00. The smallest absolute Gasteiger partial charge is 0.123 e. The maximum Gasteiger partial charge on any atom is 0.123 e. The van der Waals surface area contributed by atoms with Gasteiger partial charge in [0.15, 0.2) is 0 Å². The van der Waals surface area contributed by atoms with Gasteiger partial charge in [-0.3, -0.25) is 0 Å². The highest BCUT2D eigenvalue weighted by Gasteiger charge is 2.13. The van der Waals surface area contributed by atoms with Crippen LogP contribution in [0.25, 0.3) is 0 Å². The van der Waals surface area contributed by atoms with Crippen LogP contribution >= 0.6 is 0 Å². The van der Waals surface area contributed by atoms with Crippen LogP contribution in [-0.4, -0.2) is 37.7 Å². The van der Waals surface area contributed by atoms with E-state index in [1.807, 2.05) is 12.1 Å². The van der Waals surface area contributed by atoms with Crippen LogP contribution in [0.5, 0.6) is 5.75 Å². The zero-order chi connectivity index (χ0) is 15.1. The van der Waals surface area contributed by atoms with E-state index in [1.165, 1.54) is 32.4 Å². The van der Waals surface area contributed by atoms with Gasteiger partial charge in [-0.25, -0.2) is 0 Å². The fourth-order valence-corrected chi connectivity index (χ4v) is 2.86. The van der Waals surface area contributed by atoms with E-state index in [1.54, 1.807) is 13.2 Å². The van der Waals surface area contributed by atoms with E-state index in [4.69, 9.17) is 10.00 Å². The van der Waals surface area contributed by atoms with Gasteiger partial charge < -0.3 is 15.0 Å². The third-order valence-corrected chi connectivity index (χ3v) is 4.03. The van der Waals surface area contributed by atoms with E-state index in [0.717, 1.165) is 24.4 Å². The fraction of sp³-hybridized carbons (Fsp3) is 0.588. The first-order valence-corrected chi connectivity index (χ1v) is 7.75. The number of hydrogen-bond donors (Lipinski definition) is 1. The molecule has 1 aromatic rings. The summed E-state index contributed by atoms with van der Waals surface area (Å²) in [7, 11) is 1.67. The number of likely N-dealkylation sites (tertiary alicyclic amines) is 1. The Balaban J connectivity index is 1.88. The second kappa shape index (κ2) is 8.02. The van der Waals surface area contributed by atoms with Crippen molar-refractivity contribution in [3.63, 3.8) is 0 Å². The molecule has 0 bridgehead atoms. The van der Waals surface area contributed by atoms with E-state index >= 15 is 0 Å². The predicted octanol–water partition coefficient (Wildman–Crippen LogP) is 2.53. The Morgan fingerprint density at radius 1 is 1.33 bits per heavy atom. The van der Waals surface area contributed by atoms with Crippen molar-refractivity contribution in [1.82, 2.24) is 10.2 Å². The Labute approximate surface area is 127 Å². The van der Waals surface area contributed by atoms with Crippen molar-refractivity contribution in [2.45, 2.75) is 38.8 Å². The molecule has 0 saturated carbocycles.